The van der Waals surface area contributed by atoms with Crippen LogP contribution in [0.2, 0.25) is 5.02 Å². The van der Waals surface area contributed by atoms with E-state index in [9.17, 15) is 9.59 Å². The lowest BCUT2D eigenvalue weighted by Gasteiger charge is -2.15. The van der Waals surface area contributed by atoms with Crippen molar-refractivity contribution in [3.8, 4) is 17.2 Å². The lowest BCUT2D eigenvalue weighted by atomic mass is 10.2. The molecule has 0 unspecified atom stereocenters. The summed E-state index contributed by atoms with van der Waals surface area (Å²) in [6.07, 6.45) is 1.39. The average molecular weight is 464 g/mol. The van der Waals surface area contributed by atoms with E-state index in [1.165, 1.54) is 44.9 Å². The Labute approximate surface area is 186 Å². The van der Waals surface area contributed by atoms with Crippen LogP contribution in [0.15, 0.2) is 29.8 Å². The fraction of sp³-hybridized carbons (Fsp3) is 0.158. The second-order valence-electron chi connectivity index (χ2n) is 5.91. The number of carbonyl (C=O) groups is 2. The summed E-state index contributed by atoms with van der Waals surface area (Å²) in [6.45, 7) is 0. The third kappa shape index (κ3) is 4.78. The molecule has 10 nitrogen and oxygen atoms in total. The third-order valence-electron chi connectivity index (χ3n) is 4.03. The van der Waals surface area contributed by atoms with Gasteiger partial charge in [0.2, 0.25) is 11.7 Å². The summed E-state index contributed by atoms with van der Waals surface area (Å²) in [5, 5.41) is 8.21. The zero-order valence-electron chi connectivity index (χ0n) is 16.7. The highest BCUT2D eigenvalue weighted by Crippen LogP contribution is 2.40. The maximum absolute atomic E-state index is 12.0. The van der Waals surface area contributed by atoms with Crippen LogP contribution in [0, 0.1) is 0 Å². The van der Waals surface area contributed by atoms with E-state index in [4.69, 9.17) is 31.5 Å². The van der Waals surface area contributed by atoms with Gasteiger partial charge in [-0.2, -0.15) is 4.98 Å². The molecule has 0 fully saturated rings. The zero-order valence-corrected chi connectivity index (χ0v) is 18.3. The quantitative estimate of drug-likeness (QED) is 0.322. The van der Waals surface area contributed by atoms with Crippen LogP contribution < -0.4 is 30.6 Å². The number of ether oxygens (including phenoxy) is 3. The number of thiophene rings is 1. The van der Waals surface area contributed by atoms with Crippen LogP contribution in [-0.2, 0) is 4.79 Å². The van der Waals surface area contributed by atoms with Crippen LogP contribution in [0.1, 0.15) is 10.4 Å². The molecule has 162 valence electrons. The number of nitrogens with one attached hydrogen (secondary N) is 2. The van der Waals surface area contributed by atoms with Gasteiger partial charge in [0.15, 0.2) is 17.3 Å². The maximum atomic E-state index is 12.0. The highest BCUT2D eigenvalue weighted by Gasteiger charge is 2.19. The molecule has 0 aliphatic rings. The summed E-state index contributed by atoms with van der Waals surface area (Å²) in [4.78, 5) is 31.7. The van der Waals surface area contributed by atoms with Crippen LogP contribution in [0.5, 0.6) is 17.2 Å². The molecule has 1 amide bonds. The summed E-state index contributed by atoms with van der Waals surface area (Å²) in [7, 11) is 4.53. The number of Topliss-reactive ketones (excluding diaryl/α,β-unsaturated/α-hetero) is 1. The Bertz CT molecular complexity index is 1110. The number of nitrogens with zero attached hydrogens (tertiary/aromatic N) is 2. The molecular formula is C19H18ClN5O5S. The molecule has 1 aromatic carbocycles. The van der Waals surface area contributed by atoms with Gasteiger partial charge in [-0.15, -0.1) is 11.3 Å². The average Bonchev–Trinajstić information content (AvgIpc) is 3.22. The van der Waals surface area contributed by atoms with Gasteiger partial charge in [-0.05, 0) is 11.4 Å². The molecule has 0 aliphatic heterocycles. The first-order chi connectivity index (χ1) is 14.9. The number of amides is 1. The van der Waals surface area contributed by atoms with Crippen molar-refractivity contribution in [2.24, 2.45) is 5.73 Å². The van der Waals surface area contributed by atoms with Crippen molar-refractivity contribution < 1.29 is 23.8 Å². The molecule has 3 rings (SSSR count). The number of benzene rings is 1. The van der Waals surface area contributed by atoms with Gasteiger partial charge in [-0.25, -0.2) is 4.98 Å². The largest absolute Gasteiger partial charge is 0.493 e. The standard InChI is InChI=1S/C19H18ClN5O5S/c1-28-12-6-9(7-13(29-2)15(12)30-3)23-19-22-8-11(20)17(25-19)24-18-10(4-5-31-18)14(26)16(21)27/h4-8H,1-3H3,(H2,21,27)(H2,22,23,24,25). The second kappa shape index (κ2) is 9.49. The van der Waals surface area contributed by atoms with E-state index in [0.717, 1.165) is 0 Å². The monoisotopic (exact) mass is 463 g/mol. The molecule has 0 spiro atoms. The van der Waals surface area contributed by atoms with Crippen molar-refractivity contribution in [1.82, 2.24) is 9.97 Å². The molecule has 0 bridgehead atoms. The number of aromatic nitrogens is 2. The van der Waals surface area contributed by atoms with E-state index in [2.05, 4.69) is 20.6 Å². The first-order valence-corrected chi connectivity index (χ1v) is 9.91. The van der Waals surface area contributed by atoms with Crippen molar-refractivity contribution >= 4 is 57.1 Å². The third-order valence-corrected chi connectivity index (χ3v) is 5.14. The minimum atomic E-state index is -1.06. The Morgan fingerprint density at radius 3 is 2.35 bits per heavy atom. The highest BCUT2D eigenvalue weighted by atomic mass is 35.5. The number of hydrogen-bond donors (Lipinski definition) is 3. The second-order valence-corrected chi connectivity index (χ2v) is 7.23. The number of anilines is 4. The molecule has 4 N–H and O–H groups in total. The van der Waals surface area contributed by atoms with Gasteiger partial charge in [0.25, 0.3) is 11.7 Å². The molecule has 0 atom stereocenters. The van der Waals surface area contributed by atoms with Crippen molar-refractivity contribution in [2.75, 3.05) is 32.0 Å². The molecule has 2 heterocycles. The van der Waals surface area contributed by atoms with Crippen LogP contribution in [0.3, 0.4) is 0 Å². The topological polar surface area (TPSA) is 138 Å². The molecule has 0 saturated carbocycles. The number of nitrogens with two attached hydrogens (primary N) is 1. The van der Waals surface area contributed by atoms with Crippen LogP contribution in [-0.4, -0.2) is 43.0 Å². The highest BCUT2D eigenvalue weighted by molar-refractivity contribution is 7.14. The molecule has 0 saturated heterocycles. The van der Waals surface area contributed by atoms with Crippen LogP contribution in [0.4, 0.5) is 22.5 Å². The smallest absolute Gasteiger partial charge is 0.289 e. The van der Waals surface area contributed by atoms with Gasteiger partial charge in [0.1, 0.15) is 10.0 Å². The van der Waals surface area contributed by atoms with Gasteiger partial charge in [-0.1, -0.05) is 11.6 Å². The first kappa shape index (κ1) is 22.1. The Balaban J connectivity index is 1.90. The van der Waals surface area contributed by atoms with Gasteiger partial charge in [0.05, 0.1) is 33.1 Å². The number of carbonyl (C=O) groups excluding carboxylic acids is 2. The fourth-order valence-corrected chi connectivity index (χ4v) is 3.54. The minimum Gasteiger partial charge on any atom is -0.493 e. The molecule has 0 aliphatic carbocycles. The van der Waals surface area contributed by atoms with Gasteiger partial charge >= 0.3 is 0 Å². The lowest BCUT2D eigenvalue weighted by molar-refractivity contribution is -0.114. The number of methoxy groups -OCH3 is 3. The lowest BCUT2D eigenvalue weighted by Crippen LogP contribution is -2.23. The van der Waals surface area contributed by atoms with Crippen molar-refractivity contribution in [1.29, 1.82) is 0 Å². The molecule has 31 heavy (non-hydrogen) atoms. The van der Waals surface area contributed by atoms with E-state index in [1.54, 1.807) is 17.5 Å². The minimum absolute atomic E-state index is 0.131. The number of ketones is 1. The Hall–Kier alpha value is -3.57. The Morgan fingerprint density at radius 2 is 1.77 bits per heavy atom. The zero-order chi connectivity index (χ0) is 22.5. The Kier molecular flexibility index (Phi) is 6.78. The first-order valence-electron chi connectivity index (χ1n) is 8.66. The number of halogens is 1. The van der Waals surface area contributed by atoms with E-state index in [-0.39, 0.29) is 22.4 Å². The molecule has 3 aromatic rings. The number of primary amides is 1. The van der Waals surface area contributed by atoms with Crippen LogP contribution >= 0.6 is 22.9 Å². The fourth-order valence-electron chi connectivity index (χ4n) is 2.62. The van der Waals surface area contributed by atoms with Crippen LogP contribution in [0.25, 0.3) is 0 Å². The van der Waals surface area contributed by atoms with Gasteiger partial charge in [0, 0.05) is 17.8 Å². The van der Waals surface area contributed by atoms with E-state index < -0.39 is 11.7 Å². The predicted octanol–water partition coefficient (Wildman–Crippen LogP) is 3.37. The summed E-state index contributed by atoms with van der Waals surface area (Å²) in [6, 6.07) is 4.87. The van der Waals surface area contributed by atoms with Crippen molar-refractivity contribution in [3.63, 3.8) is 0 Å². The maximum Gasteiger partial charge on any atom is 0.289 e. The SMILES string of the molecule is COc1cc(Nc2ncc(Cl)c(Nc3sccc3C(=O)C(N)=O)n2)cc(OC)c1OC. The van der Waals surface area contributed by atoms with E-state index >= 15 is 0 Å². The molecule has 0 radical (unpaired) electrons. The number of hydrogen-bond acceptors (Lipinski definition) is 10. The summed E-state index contributed by atoms with van der Waals surface area (Å²) in [5.41, 5.74) is 5.80. The number of rotatable bonds is 9. The van der Waals surface area contributed by atoms with Gasteiger partial charge in [-0.3, -0.25) is 9.59 Å². The normalized spacial score (nSPS) is 10.3. The van der Waals surface area contributed by atoms with Crippen molar-refractivity contribution in [3.05, 3.63) is 40.4 Å². The molecule has 2 aromatic heterocycles. The van der Waals surface area contributed by atoms with Gasteiger partial charge < -0.3 is 30.6 Å². The van der Waals surface area contributed by atoms with E-state index in [1.807, 2.05) is 0 Å². The molecule has 12 heteroatoms. The Morgan fingerprint density at radius 1 is 1.10 bits per heavy atom. The summed E-state index contributed by atoms with van der Waals surface area (Å²) >= 11 is 7.40. The van der Waals surface area contributed by atoms with E-state index in [0.29, 0.717) is 27.9 Å². The van der Waals surface area contributed by atoms with Crippen molar-refractivity contribution in [2.45, 2.75) is 0 Å². The predicted molar refractivity (Wildman–Crippen MR) is 118 cm³/mol. The molecular weight excluding hydrogens is 446 g/mol. The summed E-state index contributed by atoms with van der Waals surface area (Å²) < 4.78 is 16.0. The summed E-state index contributed by atoms with van der Waals surface area (Å²) in [5.74, 6) is -0.0910.